The third kappa shape index (κ3) is 3.85. The van der Waals surface area contributed by atoms with E-state index in [4.69, 9.17) is 14.5 Å². The summed E-state index contributed by atoms with van der Waals surface area (Å²) in [6.45, 7) is 0. The Kier molecular flexibility index (Phi) is 6.02. The lowest BCUT2D eigenvalue weighted by molar-refractivity contribution is 0.0824. The molecule has 1 N–H and O–H groups in total. The van der Waals surface area contributed by atoms with E-state index < -0.39 is 0 Å². The van der Waals surface area contributed by atoms with E-state index in [-0.39, 0.29) is 11.8 Å². The zero-order valence-corrected chi connectivity index (χ0v) is 20.0. The second-order valence-corrected chi connectivity index (χ2v) is 8.09. The van der Waals surface area contributed by atoms with E-state index in [1.807, 2.05) is 47.5 Å². The summed E-state index contributed by atoms with van der Waals surface area (Å²) in [6, 6.07) is 12.6. The van der Waals surface area contributed by atoms with Crippen molar-refractivity contribution in [3.05, 3.63) is 59.8 Å². The van der Waals surface area contributed by atoms with Crippen molar-refractivity contribution in [2.75, 3.05) is 33.6 Å². The van der Waals surface area contributed by atoms with Gasteiger partial charge in [-0.2, -0.15) is 0 Å². The van der Waals surface area contributed by atoms with E-state index in [2.05, 4.69) is 5.32 Å². The summed E-state index contributed by atoms with van der Waals surface area (Å²) in [5.74, 6) is 1.17. The Bertz CT molecular complexity index is 1400. The van der Waals surface area contributed by atoms with Crippen LogP contribution in [-0.4, -0.2) is 59.1 Å². The second-order valence-electron chi connectivity index (χ2n) is 8.09. The standard InChI is InChI=1S/C25H27N5O4/c1-28(2)25(32)17-14-29(3)21(22(17)34-6)23-27-18-13-15(11-12-19(18)30(23)4)26-24(31)16-9-7-8-10-20(16)33-5/h7-14H,1-6H3,(H,26,31). The van der Waals surface area contributed by atoms with Crippen molar-refractivity contribution in [1.82, 2.24) is 19.0 Å². The van der Waals surface area contributed by atoms with Crippen LogP contribution in [0, 0.1) is 0 Å². The fraction of sp³-hybridized carbons (Fsp3) is 0.240. The van der Waals surface area contributed by atoms with Crippen LogP contribution in [0.2, 0.25) is 0 Å². The first-order valence-corrected chi connectivity index (χ1v) is 10.6. The van der Waals surface area contributed by atoms with Crippen molar-refractivity contribution in [2.45, 2.75) is 0 Å². The molecule has 2 heterocycles. The molecule has 0 fully saturated rings. The monoisotopic (exact) mass is 461 g/mol. The third-order valence-corrected chi connectivity index (χ3v) is 5.68. The van der Waals surface area contributed by atoms with Crippen molar-refractivity contribution in [1.29, 1.82) is 0 Å². The number of methoxy groups -OCH3 is 2. The minimum absolute atomic E-state index is 0.154. The normalized spacial score (nSPS) is 10.9. The van der Waals surface area contributed by atoms with Crippen molar-refractivity contribution in [3.8, 4) is 23.0 Å². The molecule has 9 heteroatoms. The molecule has 0 aliphatic heterocycles. The lowest BCUT2D eigenvalue weighted by atomic mass is 10.2. The second kappa shape index (κ2) is 8.93. The van der Waals surface area contributed by atoms with Gasteiger partial charge in [0.25, 0.3) is 11.8 Å². The Labute approximate surface area is 197 Å². The highest BCUT2D eigenvalue weighted by atomic mass is 16.5. The smallest absolute Gasteiger partial charge is 0.259 e. The van der Waals surface area contributed by atoms with E-state index in [0.29, 0.717) is 45.3 Å². The number of fused-ring (bicyclic) bond motifs is 1. The number of hydrogen-bond donors (Lipinski definition) is 1. The van der Waals surface area contributed by atoms with Gasteiger partial charge in [0.15, 0.2) is 11.6 Å². The highest BCUT2D eigenvalue weighted by Crippen LogP contribution is 2.36. The minimum atomic E-state index is -0.274. The molecule has 0 saturated heterocycles. The average Bonchev–Trinajstić information content (AvgIpc) is 3.33. The molecule has 2 aromatic carbocycles. The summed E-state index contributed by atoms with van der Waals surface area (Å²) in [5, 5.41) is 2.91. The maximum absolute atomic E-state index is 12.8. The Hall–Kier alpha value is -4.27. The molecular weight excluding hydrogens is 434 g/mol. The zero-order chi connectivity index (χ0) is 24.6. The molecule has 0 bridgehead atoms. The molecule has 176 valence electrons. The maximum Gasteiger partial charge on any atom is 0.259 e. The van der Waals surface area contributed by atoms with Gasteiger partial charge in [-0.1, -0.05) is 12.1 Å². The van der Waals surface area contributed by atoms with Crippen molar-refractivity contribution in [3.63, 3.8) is 0 Å². The number of benzene rings is 2. The van der Waals surface area contributed by atoms with E-state index in [1.54, 1.807) is 45.6 Å². The number of ether oxygens (including phenoxy) is 2. The summed E-state index contributed by atoms with van der Waals surface area (Å²) in [5.41, 5.74) is 3.76. The molecular formula is C25H27N5O4. The Balaban J connectivity index is 1.74. The largest absolute Gasteiger partial charge is 0.496 e. The average molecular weight is 462 g/mol. The summed E-state index contributed by atoms with van der Waals surface area (Å²) in [6.07, 6.45) is 1.74. The molecule has 2 aromatic heterocycles. The maximum atomic E-state index is 12.8. The van der Waals surface area contributed by atoms with Gasteiger partial charge in [-0.15, -0.1) is 0 Å². The van der Waals surface area contributed by atoms with Crippen LogP contribution in [0.5, 0.6) is 11.5 Å². The van der Waals surface area contributed by atoms with Gasteiger partial charge >= 0.3 is 0 Å². The number of nitrogens with zero attached hydrogens (tertiary/aromatic N) is 4. The fourth-order valence-corrected chi connectivity index (χ4v) is 3.98. The Morgan fingerprint density at radius 2 is 1.74 bits per heavy atom. The molecule has 0 spiro atoms. The number of nitrogens with one attached hydrogen (secondary N) is 1. The first-order valence-electron chi connectivity index (χ1n) is 10.6. The van der Waals surface area contributed by atoms with Gasteiger partial charge in [0.2, 0.25) is 0 Å². The number of aryl methyl sites for hydroxylation is 2. The van der Waals surface area contributed by atoms with Crippen LogP contribution in [0.25, 0.3) is 22.6 Å². The molecule has 0 radical (unpaired) electrons. The summed E-state index contributed by atoms with van der Waals surface area (Å²) in [7, 11) is 10.2. The molecule has 34 heavy (non-hydrogen) atoms. The summed E-state index contributed by atoms with van der Waals surface area (Å²) >= 11 is 0. The highest BCUT2D eigenvalue weighted by Gasteiger charge is 2.26. The first kappa shape index (κ1) is 22.9. The summed E-state index contributed by atoms with van der Waals surface area (Å²) in [4.78, 5) is 31.8. The van der Waals surface area contributed by atoms with Crippen LogP contribution in [0.3, 0.4) is 0 Å². The third-order valence-electron chi connectivity index (χ3n) is 5.68. The Morgan fingerprint density at radius 1 is 1.00 bits per heavy atom. The number of imidazole rings is 1. The molecule has 0 aliphatic rings. The molecule has 4 rings (SSSR count). The van der Waals surface area contributed by atoms with Gasteiger partial charge in [-0.25, -0.2) is 4.98 Å². The van der Waals surface area contributed by atoms with Crippen LogP contribution < -0.4 is 14.8 Å². The van der Waals surface area contributed by atoms with Crippen LogP contribution in [0.1, 0.15) is 20.7 Å². The zero-order valence-electron chi connectivity index (χ0n) is 20.0. The van der Waals surface area contributed by atoms with Crippen molar-refractivity contribution >= 4 is 28.5 Å². The first-order chi connectivity index (χ1) is 16.3. The predicted octanol–water partition coefficient (Wildman–Crippen LogP) is 3.55. The predicted molar refractivity (Wildman–Crippen MR) is 131 cm³/mol. The van der Waals surface area contributed by atoms with E-state index >= 15 is 0 Å². The molecule has 0 atom stereocenters. The number of amides is 2. The number of para-hydroxylation sites is 1. The van der Waals surface area contributed by atoms with E-state index in [9.17, 15) is 9.59 Å². The van der Waals surface area contributed by atoms with Crippen LogP contribution in [-0.2, 0) is 14.1 Å². The van der Waals surface area contributed by atoms with Gasteiger partial charge in [-0.05, 0) is 30.3 Å². The molecule has 2 amide bonds. The van der Waals surface area contributed by atoms with Crippen LogP contribution >= 0.6 is 0 Å². The van der Waals surface area contributed by atoms with Crippen LogP contribution in [0.15, 0.2) is 48.7 Å². The number of carbonyl (C=O) groups excluding carboxylic acids is 2. The molecule has 4 aromatic rings. The van der Waals surface area contributed by atoms with E-state index in [1.165, 1.54) is 12.0 Å². The molecule has 9 nitrogen and oxygen atoms in total. The number of rotatable bonds is 6. The number of anilines is 1. The topological polar surface area (TPSA) is 90.6 Å². The molecule has 0 aliphatic carbocycles. The van der Waals surface area contributed by atoms with E-state index in [0.717, 1.165) is 5.52 Å². The van der Waals surface area contributed by atoms with Gasteiger partial charge in [0.1, 0.15) is 11.4 Å². The SMILES string of the molecule is COc1ccccc1C(=O)Nc1ccc2c(c1)nc(-c1c(OC)c(C(=O)N(C)C)cn1C)n2C. The summed E-state index contributed by atoms with van der Waals surface area (Å²) < 4.78 is 14.7. The molecule has 0 unspecified atom stereocenters. The lowest BCUT2D eigenvalue weighted by Gasteiger charge is -2.11. The minimum Gasteiger partial charge on any atom is -0.496 e. The highest BCUT2D eigenvalue weighted by molar-refractivity contribution is 6.07. The van der Waals surface area contributed by atoms with Crippen molar-refractivity contribution in [2.24, 2.45) is 14.1 Å². The van der Waals surface area contributed by atoms with Crippen molar-refractivity contribution < 1.29 is 19.1 Å². The van der Waals surface area contributed by atoms with Gasteiger partial charge in [0.05, 0.1) is 36.4 Å². The number of carbonyl (C=O) groups is 2. The molecule has 0 saturated carbocycles. The van der Waals surface area contributed by atoms with Gasteiger partial charge < -0.3 is 28.8 Å². The fourth-order valence-electron chi connectivity index (χ4n) is 3.98. The van der Waals surface area contributed by atoms with Crippen LogP contribution in [0.4, 0.5) is 5.69 Å². The number of hydrogen-bond acceptors (Lipinski definition) is 5. The van der Waals surface area contributed by atoms with Gasteiger partial charge in [0, 0.05) is 40.1 Å². The lowest BCUT2D eigenvalue weighted by Crippen LogP contribution is -2.21. The Morgan fingerprint density at radius 3 is 2.41 bits per heavy atom. The van der Waals surface area contributed by atoms with Gasteiger partial charge in [-0.3, -0.25) is 9.59 Å². The quantitative estimate of drug-likeness (QED) is 0.474. The number of aromatic nitrogens is 3.